The normalized spacial score (nSPS) is 12.4. The predicted octanol–water partition coefficient (Wildman–Crippen LogP) is -0.402. The Morgan fingerprint density at radius 2 is 1.93 bits per heavy atom. The Morgan fingerprint density at radius 1 is 1.40 bits per heavy atom. The summed E-state index contributed by atoms with van der Waals surface area (Å²) in [6.07, 6.45) is 0. The first-order chi connectivity index (χ1) is 6.88. The van der Waals surface area contributed by atoms with Crippen molar-refractivity contribution in [2.45, 2.75) is 26.8 Å². The lowest BCUT2D eigenvalue weighted by molar-refractivity contribution is -0.133. The van der Waals surface area contributed by atoms with E-state index in [1.807, 2.05) is 13.8 Å². The van der Waals surface area contributed by atoms with Crippen LogP contribution in [0, 0.1) is 5.92 Å². The number of amides is 2. The summed E-state index contributed by atoms with van der Waals surface area (Å²) in [5.41, 5.74) is 0. The molecule has 0 bridgehead atoms. The second-order valence-corrected chi connectivity index (χ2v) is 3.98. The second-order valence-electron chi connectivity index (χ2n) is 3.98. The molecule has 0 aliphatic heterocycles. The highest BCUT2D eigenvalue weighted by Crippen LogP contribution is 2.00. The molecule has 5 heteroatoms. The van der Waals surface area contributed by atoms with Crippen LogP contribution in [0.5, 0.6) is 0 Å². The van der Waals surface area contributed by atoms with Crippen LogP contribution in [0.4, 0.5) is 0 Å². The van der Waals surface area contributed by atoms with Crippen molar-refractivity contribution >= 4 is 11.8 Å². The summed E-state index contributed by atoms with van der Waals surface area (Å²) in [6, 6.07) is -0.252. The molecule has 1 atom stereocenters. The molecule has 0 aromatic rings. The zero-order chi connectivity index (χ0) is 12.0. The van der Waals surface area contributed by atoms with E-state index in [1.54, 1.807) is 7.05 Å². The monoisotopic (exact) mass is 216 g/mol. The van der Waals surface area contributed by atoms with Crippen molar-refractivity contribution in [1.29, 1.82) is 0 Å². The van der Waals surface area contributed by atoms with E-state index in [2.05, 4.69) is 5.32 Å². The molecule has 0 aliphatic rings. The Bertz CT molecular complexity index is 229. The molecule has 0 spiro atoms. The molecular formula is C10H20N2O3. The molecular weight excluding hydrogens is 196 g/mol. The minimum absolute atomic E-state index is 0.0263. The molecule has 0 heterocycles. The second kappa shape index (κ2) is 6.40. The first kappa shape index (κ1) is 13.9. The van der Waals surface area contributed by atoms with E-state index < -0.39 is 0 Å². The molecule has 0 radical (unpaired) electrons. The largest absolute Gasteiger partial charge is 0.394 e. The van der Waals surface area contributed by atoms with Crippen LogP contribution in [0.3, 0.4) is 0 Å². The van der Waals surface area contributed by atoms with Crippen LogP contribution in [0.2, 0.25) is 0 Å². The summed E-state index contributed by atoms with van der Waals surface area (Å²) in [5.74, 6) is -0.239. The van der Waals surface area contributed by atoms with Crippen LogP contribution >= 0.6 is 0 Å². The van der Waals surface area contributed by atoms with Crippen LogP contribution < -0.4 is 5.32 Å². The summed E-state index contributed by atoms with van der Waals surface area (Å²) < 4.78 is 0. The van der Waals surface area contributed by atoms with Gasteiger partial charge in [0.1, 0.15) is 0 Å². The highest BCUT2D eigenvalue weighted by Gasteiger charge is 2.16. The fourth-order valence-corrected chi connectivity index (χ4v) is 1.00. The topological polar surface area (TPSA) is 69.6 Å². The van der Waals surface area contributed by atoms with Gasteiger partial charge in [-0.25, -0.2) is 0 Å². The third-order valence-corrected chi connectivity index (χ3v) is 2.27. The van der Waals surface area contributed by atoms with Gasteiger partial charge in [0.25, 0.3) is 0 Å². The van der Waals surface area contributed by atoms with Gasteiger partial charge >= 0.3 is 0 Å². The van der Waals surface area contributed by atoms with Crippen LogP contribution in [0.15, 0.2) is 0 Å². The Kier molecular flexibility index (Phi) is 5.93. The van der Waals surface area contributed by atoms with Crippen LogP contribution in [-0.2, 0) is 9.59 Å². The maximum atomic E-state index is 11.4. The zero-order valence-electron chi connectivity index (χ0n) is 9.78. The standard InChI is InChI=1S/C10H20N2O3/c1-7(2)9(6-13)11-10(15)5-12(4)8(3)14/h7,9,13H,5-6H2,1-4H3,(H,11,15). The van der Waals surface area contributed by atoms with Gasteiger partial charge in [0.2, 0.25) is 11.8 Å². The molecule has 0 fully saturated rings. The van der Waals surface area contributed by atoms with Crippen molar-refractivity contribution in [1.82, 2.24) is 10.2 Å². The summed E-state index contributed by atoms with van der Waals surface area (Å²) in [4.78, 5) is 23.6. The molecule has 0 aromatic heterocycles. The number of rotatable bonds is 5. The van der Waals surface area contributed by atoms with E-state index >= 15 is 0 Å². The first-order valence-corrected chi connectivity index (χ1v) is 5.00. The Morgan fingerprint density at radius 3 is 2.27 bits per heavy atom. The average molecular weight is 216 g/mol. The van der Waals surface area contributed by atoms with Gasteiger partial charge in [0.05, 0.1) is 19.2 Å². The highest BCUT2D eigenvalue weighted by molar-refractivity contribution is 5.83. The maximum absolute atomic E-state index is 11.4. The van der Waals surface area contributed by atoms with Gasteiger partial charge in [-0.05, 0) is 5.92 Å². The van der Waals surface area contributed by atoms with Crippen LogP contribution in [0.1, 0.15) is 20.8 Å². The number of nitrogens with zero attached hydrogens (tertiary/aromatic N) is 1. The molecule has 0 aliphatic carbocycles. The van der Waals surface area contributed by atoms with Crippen LogP contribution in [0.25, 0.3) is 0 Å². The van der Waals surface area contributed by atoms with Crippen molar-refractivity contribution in [2.75, 3.05) is 20.2 Å². The maximum Gasteiger partial charge on any atom is 0.239 e. The van der Waals surface area contributed by atoms with E-state index in [4.69, 9.17) is 5.11 Å². The highest BCUT2D eigenvalue weighted by atomic mass is 16.3. The third-order valence-electron chi connectivity index (χ3n) is 2.27. The Labute approximate surface area is 90.5 Å². The van der Waals surface area contributed by atoms with Gasteiger partial charge in [0.15, 0.2) is 0 Å². The third kappa shape index (κ3) is 5.37. The summed E-state index contributed by atoms with van der Waals surface area (Å²) >= 11 is 0. The minimum Gasteiger partial charge on any atom is -0.394 e. The molecule has 0 aromatic carbocycles. The van der Waals surface area contributed by atoms with Gasteiger partial charge in [-0.2, -0.15) is 0 Å². The number of aliphatic hydroxyl groups is 1. The summed E-state index contributed by atoms with van der Waals surface area (Å²) in [7, 11) is 1.56. The molecule has 15 heavy (non-hydrogen) atoms. The molecule has 0 saturated heterocycles. The molecule has 0 saturated carbocycles. The predicted molar refractivity (Wildman–Crippen MR) is 57.2 cm³/mol. The molecule has 2 N–H and O–H groups in total. The summed E-state index contributed by atoms with van der Waals surface area (Å²) in [6.45, 7) is 5.16. The van der Waals surface area contributed by atoms with Crippen LogP contribution in [-0.4, -0.2) is 48.1 Å². The molecule has 2 amide bonds. The molecule has 88 valence electrons. The van der Waals surface area contributed by atoms with Gasteiger partial charge in [-0.3, -0.25) is 9.59 Å². The van der Waals surface area contributed by atoms with Gasteiger partial charge in [0, 0.05) is 14.0 Å². The molecule has 5 nitrogen and oxygen atoms in total. The van der Waals surface area contributed by atoms with E-state index in [0.29, 0.717) is 0 Å². The fourth-order valence-electron chi connectivity index (χ4n) is 1.00. The number of hydrogen-bond donors (Lipinski definition) is 2. The quantitative estimate of drug-likeness (QED) is 0.657. The number of aliphatic hydroxyl groups excluding tert-OH is 1. The smallest absolute Gasteiger partial charge is 0.239 e. The summed E-state index contributed by atoms with van der Waals surface area (Å²) in [5, 5.41) is 11.7. The van der Waals surface area contributed by atoms with Gasteiger partial charge in [-0.1, -0.05) is 13.8 Å². The van der Waals surface area contributed by atoms with E-state index in [-0.39, 0.29) is 36.9 Å². The minimum atomic E-state index is -0.252. The van der Waals surface area contributed by atoms with Crippen molar-refractivity contribution in [3.05, 3.63) is 0 Å². The lowest BCUT2D eigenvalue weighted by Crippen LogP contribution is -2.45. The fraction of sp³-hybridized carbons (Fsp3) is 0.800. The number of likely N-dealkylation sites (N-methyl/N-ethyl adjacent to an activating group) is 1. The first-order valence-electron chi connectivity index (χ1n) is 5.00. The zero-order valence-corrected chi connectivity index (χ0v) is 9.78. The van der Waals surface area contributed by atoms with Gasteiger partial charge < -0.3 is 15.3 Å². The van der Waals surface area contributed by atoms with Crippen molar-refractivity contribution in [2.24, 2.45) is 5.92 Å². The number of nitrogens with one attached hydrogen (secondary N) is 1. The molecule has 0 rings (SSSR count). The van der Waals surface area contributed by atoms with E-state index in [1.165, 1.54) is 11.8 Å². The van der Waals surface area contributed by atoms with Crippen molar-refractivity contribution in [3.63, 3.8) is 0 Å². The average Bonchev–Trinajstić information content (AvgIpc) is 2.13. The lowest BCUT2D eigenvalue weighted by Gasteiger charge is -2.21. The van der Waals surface area contributed by atoms with E-state index in [9.17, 15) is 9.59 Å². The van der Waals surface area contributed by atoms with Gasteiger partial charge in [-0.15, -0.1) is 0 Å². The number of carbonyl (C=O) groups excluding carboxylic acids is 2. The number of hydrogen-bond acceptors (Lipinski definition) is 3. The number of carbonyl (C=O) groups is 2. The van der Waals surface area contributed by atoms with E-state index in [0.717, 1.165) is 0 Å². The molecule has 1 unspecified atom stereocenters. The Balaban J connectivity index is 4.07. The van der Waals surface area contributed by atoms with Crippen molar-refractivity contribution < 1.29 is 14.7 Å². The Hall–Kier alpha value is -1.10. The lowest BCUT2D eigenvalue weighted by atomic mass is 10.1. The van der Waals surface area contributed by atoms with Crippen molar-refractivity contribution in [3.8, 4) is 0 Å². The SMILES string of the molecule is CC(=O)N(C)CC(=O)NC(CO)C(C)C.